The maximum absolute atomic E-state index is 5.74. The van der Waals surface area contributed by atoms with E-state index < -0.39 is 0 Å². The van der Waals surface area contributed by atoms with Gasteiger partial charge in [-0.25, -0.2) is 4.98 Å². The van der Waals surface area contributed by atoms with Gasteiger partial charge in [-0.15, -0.1) is 0 Å². The van der Waals surface area contributed by atoms with Gasteiger partial charge < -0.3 is 20.5 Å². The zero-order valence-electron chi connectivity index (χ0n) is 10.6. The molecule has 2 heterocycles. The molecular weight excluding hydrogens is 242 g/mol. The van der Waals surface area contributed by atoms with E-state index in [1.54, 1.807) is 0 Å². The molecule has 1 saturated heterocycles. The first-order valence-electron chi connectivity index (χ1n) is 6.41. The number of fused-ring (bicyclic) bond motifs is 1. The standard InChI is InChI=1S/C14H17N3O2/c15-11-2-3-13-10(7-11)1-4-14(17-13)16-8-12-9-18-5-6-19-12/h1-4,7,12H,5-6,8-9,15H2,(H,16,17). The Hall–Kier alpha value is -1.85. The molecule has 0 saturated carbocycles. The summed E-state index contributed by atoms with van der Waals surface area (Å²) in [5, 5.41) is 4.32. The fourth-order valence-electron chi connectivity index (χ4n) is 2.12. The lowest BCUT2D eigenvalue weighted by atomic mass is 10.2. The predicted molar refractivity (Wildman–Crippen MR) is 75.2 cm³/mol. The second-order valence-electron chi connectivity index (χ2n) is 4.60. The number of benzene rings is 1. The molecule has 1 unspecified atom stereocenters. The average molecular weight is 259 g/mol. The van der Waals surface area contributed by atoms with Gasteiger partial charge in [-0.05, 0) is 30.3 Å². The Morgan fingerprint density at radius 2 is 2.21 bits per heavy atom. The number of ether oxygens (including phenoxy) is 2. The Morgan fingerprint density at radius 1 is 1.26 bits per heavy atom. The van der Waals surface area contributed by atoms with Gasteiger partial charge in [0.05, 0.1) is 31.4 Å². The number of nitrogen functional groups attached to an aromatic ring is 1. The van der Waals surface area contributed by atoms with Crippen LogP contribution in [0.15, 0.2) is 30.3 Å². The molecule has 1 atom stereocenters. The summed E-state index contributed by atoms with van der Waals surface area (Å²) < 4.78 is 10.9. The Labute approximate surface area is 111 Å². The third kappa shape index (κ3) is 2.94. The lowest BCUT2D eigenvalue weighted by Crippen LogP contribution is -2.34. The van der Waals surface area contributed by atoms with Crippen LogP contribution >= 0.6 is 0 Å². The van der Waals surface area contributed by atoms with Gasteiger partial charge in [-0.1, -0.05) is 0 Å². The second kappa shape index (κ2) is 5.42. The first kappa shape index (κ1) is 12.2. The summed E-state index contributed by atoms with van der Waals surface area (Å²) in [4.78, 5) is 4.54. The summed E-state index contributed by atoms with van der Waals surface area (Å²) in [6, 6.07) is 9.67. The highest BCUT2D eigenvalue weighted by Gasteiger charge is 2.13. The van der Waals surface area contributed by atoms with Gasteiger partial charge in [-0.3, -0.25) is 0 Å². The van der Waals surface area contributed by atoms with Crippen LogP contribution in [0.5, 0.6) is 0 Å². The van der Waals surface area contributed by atoms with E-state index in [1.165, 1.54) is 0 Å². The Kier molecular flexibility index (Phi) is 3.48. The number of nitrogens with two attached hydrogens (primary N) is 1. The van der Waals surface area contributed by atoms with Crippen LogP contribution in [0.1, 0.15) is 0 Å². The highest BCUT2D eigenvalue weighted by Crippen LogP contribution is 2.18. The number of aromatic nitrogens is 1. The third-order valence-electron chi connectivity index (χ3n) is 3.11. The molecule has 1 aliphatic rings. The number of nitrogens with zero attached hydrogens (tertiary/aromatic N) is 1. The number of rotatable bonds is 3. The molecule has 0 spiro atoms. The van der Waals surface area contributed by atoms with Crippen molar-refractivity contribution in [1.82, 2.24) is 4.98 Å². The molecule has 19 heavy (non-hydrogen) atoms. The van der Waals surface area contributed by atoms with Crippen LogP contribution in [-0.2, 0) is 9.47 Å². The number of hydrogen-bond acceptors (Lipinski definition) is 5. The van der Waals surface area contributed by atoms with Gasteiger partial charge in [0, 0.05) is 17.6 Å². The summed E-state index contributed by atoms with van der Waals surface area (Å²) in [6.07, 6.45) is 0.0951. The smallest absolute Gasteiger partial charge is 0.126 e. The van der Waals surface area contributed by atoms with Crippen molar-refractivity contribution in [1.29, 1.82) is 0 Å². The molecule has 5 heteroatoms. The fraction of sp³-hybridized carbons (Fsp3) is 0.357. The Balaban J connectivity index is 1.69. The zero-order chi connectivity index (χ0) is 13.1. The molecular formula is C14H17N3O2. The average Bonchev–Trinajstić information content (AvgIpc) is 2.46. The van der Waals surface area contributed by atoms with Gasteiger partial charge in [0.25, 0.3) is 0 Å². The van der Waals surface area contributed by atoms with E-state index in [0.717, 1.165) is 22.4 Å². The van der Waals surface area contributed by atoms with Crippen LogP contribution in [0.25, 0.3) is 10.9 Å². The van der Waals surface area contributed by atoms with E-state index >= 15 is 0 Å². The summed E-state index contributed by atoms with van der Waals surface area (Å²) in [6.45, 7) is 2.69. The first-order chi connectivity index (χ1) is 9.31. The van der Waals surface area contributed by atoms with Crippen molar-refractivity contribution < 1.29 is 9.47 Å². The Bertz CT molecular complexity index is 568. The SMILES string of the molecule is Nc1ccc2nc(NCC3COCCO3)ccc2c1. The minimum atomic E-state index is 0.0951. The van der Waals surface area contributed by atoms with Gasteiger partial charge >= 0.3 is 0 Å². The van der Waals surface area contributed by atoms with Crippen LogP contribution in [-0.4, -0.2) is 37.5 Å². The van der Waals surface area contributed by atoms with E-state index in [1.807, 2.05) is 30.3 Å². The molecule has 0 amide bonds. The maximum Gasteiger partial charge on any atom is 0.126 e. The lowest BCUT2D eigenvalue weighted by Gasteiger charge is -2.23. The first-order valence-corrected chi connectivity index (χ1v) is 6.41. The Morgan fingerprint density at radius 3 is 3.05 bits per heavy atom. The minimum absolute atomic E-state index is 0.0951. The monoisotopic (exact) mass is 259 g/mol. The van der Waals surface area contributed by atoms with E-state index in [9.17, 15) is 0 Å². The van der Waals surface area contributed by atoms with Gasteiger partial charge in [-0.2, -0.15) is 0 Å². The molecule has 1 aromatic heterocycles. The van der Waals surface area contributed by atoms with E-state index in [2.05, 4.69) is 10.3 Å². The van der Waals surface area contributed by atoms with E-state index in [4.69, 9.17) is 15.2 Å². The van der Waals surface area contributed by atoms with Gasteiger partial charge in [0.2, 0.25) is 0 Å². The van der Waals surface area contributed by atoms with Crippen LogP contribution in [0, 0.1) is 0 Å². The predicted octanol–water partition coefficient (Wildman–Crippen LogP) is 1.64. The fourth-order valence-corrected chi connectivity index (χ4v) is 2.12. The van der Waals surface area contributed by atoms with Crippen molar-refractivity contribution in [2.24, 2.45) is 0 Å². The summed E-state index contributed by atoms with van der Waals surface area (Å²) in [5.41, 5.74) is 7.43. The van der Waals surface area contributed by atoms with Crippen molar-refractivity contribution in [3.63, 3.8) is 0 Å². The molecule has 0 radical (unpaired) electrons. The molecule has 2 aromatic rings. The summed E-state index contributed by atoms with van der Waals surface area (Å²) >= 11 is 0. The third-order valence-corrected chi connectivity index (χ3v) is 3.11. The largest absolute Gasteiger partial charge is 0.399 e. The van der Waals surface area contributed by atoms with Crippen LogP contribution in [0.2, 0.25) is 0 Å². The number of anilines is 2. The quantitative estimate of drug-likeness (QED) is 0.820. The summed E-state index contributed by atoms with van der Waals surface area (Å²) in [5.74, 6) is 0.839. The highest BCUT2D eigenvalue weighted by atomic mass is 16.6. The molecule has 100 valence electrons. The van der Waals surface area contributed by atoms with E-state index in [-0.39, 0.29) is 6.10 Å². The number of pyridine rings is 1. The van der Waals surface area contributed by atoms with Crippen molar-refractivity contribution in [2.45, 2.75) is 6.10 Å². The normalized spacial score (nSPS) is 19.5. The van der Waals surface area contributed by atoms with Crippen molar-refractivity contribution in [2.75, 3.05) is 37.4 Å². The van der Waals surface area contributed by atoms with E-state index in [0.29, 0.717) is 26.4 Å². The van der Waals surface area contributed by atoms with Crippen molar-refractivity contribution >= 4 is 22.4 Å². The topological polar surface area (TPSA) is 69.4 Å². The lowest BCUT2D eigenvalue weighted by molar-refractivity contribution is -0.0819. The molecule has 3 rings (SSSR count). The van der Waals surface area contributed by atoms with Gasteiger partial charge in [0.1, 0.15) is 5.82 Å². The molecule has 1 aliphatic heterocycles. The summed E-state index contributed by atoms with van der Waals surface area (Å²) in [7, 11) is 0. The second-order valence-corrected chi connectivity index (χ2v) is 4.60. The molecule has 5 nitrogen and oxygen atoms in total. The highest BCUT2D eigenvalue weighted by molar-refractivity contribution is 5.83. The molecule has 1 aromatic carbocycles. The molecule has 0 aliphatic carbocycles. The van der Waals surface area contributed by atoms with Gasteiger partial charge in [0.15, 0.2) is 0 Å². The van der Waals surface area contributed by atoms with Crippen LogP contribution in [0.3, 0.4) is 0 Å². The van der Waals surface area contributed by atoms with Crippen LogP contribution < -0.4 is 11.1 Å². The molecule has 0 bridgehead atoms. The number of hydrogen-bond donors (Lipinski definition) is 2. The molecule has 3 N–H and O–H groups in total. The maximum atomic E-state index is 5.74. The minimum Gasteiger partial charge on any atom is -0.399 e. The van der Waals surface area contributed by atoms with Crippen molar-refractivity contribution in [3.8, 4) is 0 Å². The number of nitrogens with one attached hydrogen (secondary N) is 1. The van der Waals surface area contributed by atoms with Crippen molar-refractivity contribution in [3.05, 3.63) is 30.3 Å². The molecule has 1 fully saturated rings. The zero-order valence-corrected chi connectivity index (χ0v) is 10.6. The van der Waals surface area contributed by atoms with Crippen LogP contribution in [0.4, 0.5) is 11.5 Å².